The number of ether oxygens (including phenoxy) is 2. The minimum absolute atomic E-state index is 0.0668. The van der Waals surface area contributed by atoms with Crippen LogP contribution in [0.2, 0.25) is 0 Å². The van der Waals surface area contributed by atoms with E-state index in [9.17, 15) is 4.79 Å². The molecule has 3 N–H and O–H groups in total. The molecule has 0 saturated heterocycles. The molecule has 0 bridgehead atoms. The summed E-state index contributed by atoms with van der Waals surface area (Å²) in [5.41, 5.74) is 5.30. The van der Waals surface area contributed by atoms with Gasteiger partial charge in [-0.3, -0.25) is 4.79 Å². The topological polar surface area (TPSA) is 73.6 Å². The van der Waals surface area contributed by atoms with E-state index in [0.717, 1.165) is 0 Å². The van der Waals surface area contributed by atoms with E-state index >= 15 is 0 Å². The second-order valence-corrected chi connectivity index (χ2v) is 5.26. The Hall–Kier alpha value is -1.75. The van der Waals surface area contributed by atoms with E-state index in [1.54, 1.807) is 19.2 Å². The molecule has 0 aliphatic heterocycles. The molecule has 0 fully saturated rings. The predicted molar refractivity (Wildman–Crippen MR) is 78.9 cm³/mol. The van der Waals surface area contributed by atoms with Gasteiger partial charge in [0.2, 0.25) is 0 Å². The number of nitrogens with one attached hydrogen (secondary N) is 1. The SMILES string of the molecule is COc1ccccc1OCC(=O)NC(C)(CN)C(C)C. The van der Waals surface area contributed by atoms with Crippen LogP contribution in [-0.2, 0) is 4.79 Å². The van der Waals surface area contributed by atoms with E-state index in [1.807, 2.05) is 32.9 Å². The van der Waals surface area contributed by atoms with Gasteiger partial charge in [0.15, 0.2) is 18.1 Å². The summed E-state index contributed by atoms with van der Waals surface area (Å²) >= 11 is 0. The Labute approximate surface area is 120 Å². The number of benzene rings is 1. The third-order valence-corrected chi connectivity index (χ3v) is 3.55. The molecule has 0 aliphatic rings. The van der Waals surface area contributed by atoms with Gasteiger partial charge in [-0.1, -0.05) is 26.0 Å². The molecule has 20 heavy (non-hydrogen) atoms. The highest BCUT2D eigenvalue weighted by atomic mass is 16.5. The molecular weight excluding hydrogens is 256 g/mol. The van der Waals surface area contributed by atoms with Gasteiger partial charge in [0.1, 0.15) is 0 Å². The van der Waals surface area contributed by atoms with Crippen molar-refractivity contribution in [1.82, 2.24) is 5.32 Å². The Morgan fingerprint density at radius 2 is 1.95 bits per heavy atom. The molecule has 0 heterocycles. The lowest BCUT2D eigenvalue weighted by Gasteiger charge is -2.33. The molecule has 5 heteroatoms. The number of carbonyl (C=O) groups excluding carboxylic acids is 1. The van der Waals surface area contributed by atoms with Crippen LogP contribution in [0.25, 0.3) is 0 Å². The highest BCUT2D eigenvalue weighted by Gasteiger charge is 2.28. The molecule has 1 unspecified atom stereocenters. The van der Waals surface area contributed by atoms with Gasteiger partial charge in [-0.25, -0.2) is 0 Å². The highest BCUT2D eigenvalue weighted by molar-refractivity contribution is 5.78. The van der Waals surface area contributed by atoms with Gasteiger partial charge in [0.05, 0.1) is 12.6 Å². The second-order valence-electron chi connectivity index (χ2n) is 5.26. The van der Waals surface area contributed by atoms with E-state index in [1.165, 1.54) is 0 Å². The largest absolute Gasteiger partial charge is 0.493 e. The molecule has 1 aromatic carbocycles. The van der Waals surface area contributed by atoms with Crippen molar-refractivity contribution in [3.8, 4) is 11.5 Å². The van der Waals surface area contributed by atoms with Crippen molar-refractivity contribution >= 4 is 5.91 Å². The number of para-hydroxylation sites is 2. The normalized spacial score (nSPS) is 13.7. The number of hydrogen-bond acceptors (Lipinski definition) is 4. The molecular formula is C15H24N2O3. The van der Waals surface area contributed by atoms with Crippen LogP contribution in [0.3, 0.4) is 0 Å². The zero-order valence-electron chi connectivity index (χ0n) is 12.6. The first-order valence-corrected chi connectivity index (χ1v) is 6.70. The average molecular weight is 280 g/mol. The minimum atomic E-state index is -0.429. The second kappa shape index (κ2) is 7.14. The minimum Gasteiger partial charge on any atom is -0.493 e. The fourth-order valence-electron chi connectivity index (χ4n) is 1.67. The number of amides is 1. The van der Waals surface area contributed by atoms with E-state index in [4.69, 9.17) is 15.2 Å². The molecule has 1 aromatic rings. The zero-order chi connectivity index (χ0) is 15.2. The van der Waals surface area contributed by atoms with Crippen LogP contribution in [-0.4, -0.2) is 31.7 Å². The van der Waals surface area contributed by atoms with Crippen LogP contribution < -0.4 is 20.5 Å². The van der Waals surface area contributed by atoms with Crippen LogP contribution in [0, 0.1) is 5.92 Å². The number of rotatable bonds is 7. The first kappa shape index (κ1) is 16.3. The summed E-state index contributed by atoms with van der Waals surface area (Å²) < 4.78 is 10.6. The van der Waals surface area contributed by atoms with Gasteiger partial charge in [-0.05, 0) is 25.0 Å². The number of nitrogens with two attached hydrogens (primary N) is 1. The first-order chi connectivity index (χ1) is 9.42. The third-order valence-electron chi connectivity index (χ3n) is 3.55. The predicted octanol–water partition coefficient (Wildman–Crippen LogP) is 1.56. The summed E-state index contributed by atoms with van der Waals surface area (Å²) in [6, 6.07) is 7.21. The van der Waals surface area contributed by atoms with Crippen LogP contribution in [0.15, 0.2) is 24.3 Å². The molecule has 5 nitrogen and oxygen atoms in total. The van der Waals surface area contributed by atoms with Crippen LogP contribution >= 0.6 is 0 Å². The zero-order valence-corrected chi connectivity index (χ0v) is 12.6. The Balaban J connectivity index is 2.59. The van der Waals surface area contributed by atoms with Gasteiger partial charge in [-0.2, -0.15) is 0 Å². The fourth-order valence-corrected chi connectivity index (χ4v) is 1.67. The average Bonchev–Trinajstić information content (AvgIpc) is 2.45. The van der Waals surface area contributed by atoms with Crippen molar-refractivity contribution in [3.05, 3.63) is 24.3 Å². The van der Waals surface area contributed by atoms with Crippen molar-refractivity contribution in [2.75, 3.05) is 20.3 Å². The number of carbonyl (C=O) groups is 1. The number of hydrogen-bond donors (Lipinski definition) is 2. The van der Waals surface area contributed by atoms with Gasteiger partial charge in [-0.15, -0.1) is 0 Å². The first-order valence-electron chi connectivity index (χ1n) is 6.70. The highest BCUT2D eigenvalue weighted by Crippen LogP contribution is 2.25. The Morgan fingerprint density at radius 3 is 2.45 bits per heavy atom. The van der Waals surface area contributed by atoms with Crippen LogP contribution in [0.1, 0.15) is 20.8 Å². The van der Waals surface area contributed by atoms with Gasteiger partial charge < -0.3 is 20.5 Å². The third kappa shape index (κ3) is 4.13. The lowest BCUT2D eigenvalue weighted by atomic mass is 9.88. The maximum absolute atomic E-state index is 12.0. The fraction of sp³-hybridized carbons (Fsp3) is 0.533. The van der Waals surface area contributed by atoms with Crippen molar-refractivity contribution in [1.29, 1.82) is 0 Å². The Kier molecular flexibility index (Phi) is 5.82. The van der Waals surface area contributed by atoms with Crippen molar-refractivity contribution in [2.24, 2.45) is 11.7 Å². The van der Waals surface area contributed by atoms with Crippen molar-refractivity contribution in [3.63, 3.8) is 0 Å². The number of methoxy groups -OCH3 is 1. The maximum atomic E-state index is 12.0. The van der Waals surface area contributed by atoms with E-state index in [-0.39, 0.29) is 18.4 Å². The Morgan fingerprint density at radius 1 is 1.35 bits per heavy atom. The van der Waals surface area contributed by atoms with Gasteiger partial charge in [0.25, 0.3) is 5.91 Å². The smallest absolute Gasteiger partial charge is 0.258 e. The van der Waals surface area contributed by atoms with E-state index in [0.29, 0.717) is 18.0 Å². The maximum Gasteiger partial charge on any atom is 0.258 e. The molecule has 0 radical (unpaired) electrons. The van der Waals surface area contributed by atoms with Crippen LogP contribution in [0.4, 0.5) is 0 Å². The molecule has 1 atom stereocenters. The summed E-state index contributed by atoms with van der Waals surface area (Å²) in [6.07, 6.45) is 0. The van der Waals surface area contributed by atoms with E-state index in [2.05, 4.69) is 5.32 Å². The van der Waals surface area contributed by atoms with Crippen molar-refractivity contribution in [2.45, 2.75) is 26.3 Å². The molecule has 0 spiro atoms. The lowest BCUT2D eigenvalue weighted by Crippen LogP contribution is -2.56. The molecule has 1 amide bonds. The Bertz CT molecular complexity index is 448. The molecule has 1 rings (SSSR count). The van der Waals surface area contributed by atoms with Crippen LogP contribution in [0.5, 0.6) is 11.5 Å². The molecule has 0 saturated carbocycles. The quantitative estimate of drug-likeness (QED) is 0.795. The lowest BCUT2D eigenvalue weighted by molar-refractivity contribution is -0.125. The summed E-state index contributed by atoms with van der Waals surface area (Å²) in [6.45, 7) is 6.29. The summed E-state index contributed by atoms with van der Waals surface area (Å²) in [5, 5.41) is 2.92. The molecule has 0 aromatic heterocycles. The van der Waals surface area contributed by atoms with Gasteiger partial charge in [0, 0.05) is 6.54 Å². The summed E-state index contributed by atoms with van der Waals surface area (Å²) in [5.74, 6) is 1.19. The molecule has 112 valence electrons. The molecule has 0 aliphatic carbocycles. The summed E-state index contributed by atoms with van der Waals surface area (Å²) in [7, 11) is 1.56. The standard InChI is InChI=1S/C15H24N2O3/c1-11(2)15(3,10-16)17-14(18)9-20-13-8-6-5-7-12(13)19-4/h5-8,11H,9-10,16H2,1-4H3,(H,17,18). The van der Waals surface area contributed by atoms with E-state index < -0.39 is 5.54 Å². The monoisotopic (exact) mass is 280 g/mol. The van der Waals surface area contributed by atoms with Gasteiger partial charge >= 0.3 is 0 Å². The summed E-state index contributed by atoms with van der Waals surface area (Å²) in [4.78, 5) is 12.0. The van der Waals surface area contributed by atoms with Crippen molar-refractivity contribution < 1.29 is 14.3 Å².